The van der Waals surface area contributed by atoms with Gasteiger partial charge in [0.05, 0.1) is 16.0 Å². The first-order valence-electron chi connectivity index (χ1n) is 5.67. The van der Waals surface area contributed by atoms with Crippen LogP contribution in [0.25, 0.3) is 0 Å². The highest BCUT2D eigenvalue weighted by Crippen LogP contribution is 2.15. The maximum absolute atomic E-state index is 11.9. The highest BCUT2D eigenvalue weighted by atomic mass is 32.1. The predicted molar refractivity (Wildman–Crippen MR) is 72.8 cm³/mol. The maximum Gasteiger partial charge on any atom is 0.261 e. The second-order valence-electron chi connectivity index (χ2n) is 3.83. The van der Waals surface area contributed by atoms with Crippen LogP contribution in [0, 0.1) is 18.8 Å². The number of nitrogens with zero attached hydrogens (tertiary/aromatic N) is 1. The number of nitrogens with one attached hydrogen (secondary N) is 2. The summed E-state index contributed by atoms with van der Waals surface area (Å²) >= 11 is 1.30. The number of hydrogen-bond acceptors (Lipinski definition) is 4. The lowest BCUT2D eigenvalue weighted by Crippen LogP contribution is -2.21. The highest BCUT2D eigenvalue weighted by molar-refractivity contribution is 7.14. The summed E-state index contributed by atoms with van der Waals surface area (Å²) in [5.74, 6) is 5.19. The number of H-pyrrole nitrogens is 1. The number of thiophene rings is 1. The van der Waals surface area contributed by atoms with Crippen LogP contribution in [-0.2, 0) is 6.54 Å². The maximum atomic E-state index is 11.9. The molecule has 2 heterocycles. The molecule has 2 aromatic rings. The summed E-state index contributed by atoms with van der Waals surface area (Å²) in [6.07, 6.45) is 1.70. The van der Waals surface area contributed by atoms with Crippen LogP contribution in [0.4, 0.5) is 0 Å². The Morgan fingerprint density at radius 1 is 1.58 bits per heavy atom. The molecule has 0 bridgehead atoms. The molecule has 0 saturated carbocycles. The lowest BCUT2D eigenvalue weighted by Gasteiger charge is -2.01. The molecule has 0 saturated heterocycles. The molecule has 0 fully saturated rings. The van der Waals surface area contributed by atoms with E-state index < -0.39 is 0 Å². The van der Waals surface area contributed by atoms with Gasteiger partial charge >= 0.3 is 0 Å². The molecular weight excluding hydrogens is 262 g/mol. The zero-order valence-corrected chi connectivity index (χ0v) is 11.2. The molecule has 3 N–H and O–H groups in total. The molecular formula is C13H13N3O2S. The fourth-order valence-electron chi connectivity index (χ4n) is 1.47. The lowest BCUT2D eigenvalue weighted by atomic mass is 10.2. The van der Waals surface area contributed by atoms with E-state index in [9.17, 15) is 4.79 Å². The first-order chi connectivity index (χ1) is 9.20. The Morgan fingerprint density at radius 2 is 2.42 bits per heavy atom. The molecule has 5 nitrogen and oxygen atoms in total. The number of aliphatic hydroxyl groups is 1. The van der Waals surface area contributed by atoms with Gasteiger partial charge in [0, 0.05) is 17.8 Å². The Hall–Kier alpha value is -2.10. The van der Waals surface area contributed by atoms with Crippen LogP contribution in [-0.4, -0.2) is 27.8 Å². The molecule has 2 rings (SSSR count). The summed E-state index contributed by atoms with van der Waals surface area (Å²) in [7, 11) is 0. The van der Waals surface area contributed by atoms with Crippen molar-refractivity contribution in [3.8, 4) is 11.8 Å². The third kappa shape index (κ3) is 3.44. The van der Waals surface area contributed by atoms with Crippen molar-refractivity contribution in [2.45, 2.75) is 13.5 Å². The van der Waals surface area contributed by atoms with Gasteiger partial charge in [0.2, 0.25) is 0 Å². The van der Waals surface area contributed by atoms with Crippen molar-refractivity contribution in [2.75, 3.05) is 6.61 Å². The molecule has 0 radical (unpaired) electrons. The number of aromatic amines is 1. The summed E-state index contributed by atoms with van der Waals surface area (Å²) in [4.78, 5) is 13.3. The normalized spacial score (nSPS) is 9.79. The van der Waals surface area contributed by atoms with Crippen LogP contribution in [0.3, 0.4) is 0 Å². The minimum Gasteiger partial charge on any atom is -0.384 e. The van der Waals surface area contributed by atoms with Gasteiger partial charge in [0.1, 0.15) is 6.61 Å². The number of hydrogen-bond donors (Lipinski definition) is 3. The highest BCUT2D eigenvalue weighted by Gasteiger charge is 2.09. The van der Waals surface area contributed by atoms with Crippen LogP contribution in [0.15, 0.2) is 18.3 Å². The Bertz CT molecular complexity index is 634. The van der Waals surface area contributed by atoms with Crippen molar-refractivity contribution >= 4 is 17.2 Å². The Labute approximate surface area is 114 Å². The van der Waals surface area contributed by atoms with Gasteiger partial charge in [-0.15, -0.1) is 11.3 Å². The fraction of sp³-hybridized carbons (Fsp3) is 0.231. The number of carbonyl (C=O) groups excluding carboxylic acids is 1. The van der Waals surface area contributed by atoms with Crippen LogP contribution in [0.1, 0.15) is 25.8 Å². The van der Waals surface area contributed by atoms with Crippen molar-refractivity contribution in [3.63, 3.8) is 0 Å². The van der Waals surface area contributed by atoms with Gasteiger partial charge in [-0.1, -0.05) is 11.8 Å². The van der Waals surface area contributed by atoms with E-state index in [-0.39, 0.29) is 12.5 Å². The summed E-state index contributed by atoms with van der Waals surface area (Å²) in [6.45, 7) is 2.16. The first-order valence-corrected chi connectivity index (χ1v) is 6.49. The van der Waals surface area contributed by atoms with Crippen molar-refractivity contribution in [2.24, 2.45) is 0 Å². The van der Waals surface area contributed by atoms with Crippen LogP contribution >= 0.6 is 11.3 Å². The summed E-state index contributed by atoms with van der Waals surface area (Å²) in [5.41, 5.74) is 1.91. The van der Waals surface area contributed by atoms with E-state index in [4.69, 9.17) is 5.11 Å². The van der Waals surface area contributed by atoms with Crippen LogP contribution in [0.2, 0.25) is 0 Å². The number of aromatic nitrogens is 2. The molecule has 2 aromatic heterocycles. The molecule has 19 heavy (non-hydrogen) atoms. The van der Waals surface area contributed by atoms with Gasteiger partial charge in [0.15, 0.2) is 0 Å². The third-order valence-electron chi connectivity index (χ3n) is 2.49. The molecule has 0 unspecified atom stereocenters. The molecule has 0 atom stereocenters. The zero-order chi connectivity index (χ0) is 13.7. The standard InChI is InChI=1S/C13H13N3O2S/c1-9-10(8-15-16-9)7-14-13(18)12-5-4-11(19-12)3-2-6-17/h4-5,8,17H,6-7H2,1H3,(H,14,18)(H,15,16). The SMILES string of the molecule is Cc1[nH]ncc1CNC(=O)c1ccc(C#CCO)s1. The average Bonchev–Trinajstić information content (AvgIpc) is 3.03. The van der Waals surface area contributed by atoms with Gasteiger partial charge in [-0.25, -0.2) is 0 Å². The summed E-state index contributed by atoms with van der Waals surface area (Å²) in [5, 5.41) is 18.1. The largest absolute Gasteiger partial charge is 0.384 e. The van der Waals surface area contributed by atoms with E-state index >= 15 is 0 Å². The van der Waals surface area contributed by atoms with Gasteiger partial charge in [-0.3, -0.25) is 9.89 Å². The minimum absolute atomic E-state index is 0.136. The van der Waals surface area contributed by atoms with E-state index in [1.807, 2.05) is 6.92 Å². The van der Waals surface area contributed by atoms with Crippen molar-refractivity contribution in [3.05, 3.63) is 39.3 Å². The smallest absolute Gasteiger partial charge is 0.261 e. The quantitative estimate of drug-likeness (QED) is 0.733. The molecule has 0 aromatic carbocycles. The number of aliphatic hydroxyl groups excluding tert-OH is 1. The van der Waals surface area contributed by atoms with E-state index in [1.165, 1.54) is 11.3 Å². The van der Waals surface area contributed by atoms with Gasteiger partial charge in [-0.05, 0) is 19.1 Å². The Morgan fingerprint density at radius 3 is 3.11 bits per heavy atom. The van der Waals surface area contributed by atoms with Gasteiger partial charge in [0.25, 0.3) is 5.91 Å². The fourth-order valence-corrected chi connectivity index (χ4v) is 2.27. The predicted octanol–water partition coefficient (Wildman–Crippen LogP) is 1.05. The summed E-state index contributed by atoms with van der Waals surface area (Å²) in [6, 6.07) is 3.49. The molecule has 6 heteroatoms. The zero-order valence-electron chi connectivity index (χ0n) is 10.4. The van der Waals surface area contributed by atoms with E-state index in [1.54, 1.807) is 18.3 Å². The number of aryl methyl sites for hydroxylation is 1. The molecule has 0 aliphatic rings. The van der Waals surface area contributed by atoms with E-state index in [0.717, 1.165) is 16.1 Å². The molecule has 0 aliphatic heterocycles. The van der Waals surface area contributed by atoms with E-state index in [0.29, 0.717) is 11.4 Å². The number of rotatable bonds is 3. The first kappa shape index (κ1) is 13.3. The molecule has 1 amide bonds. The van der Waals surface area contributed by atoms with Crippen molar-refractivity contribution in [1.82, 2.24) is 15.5 Å². The van der Waals surface area contributed by atoms with Gasteiger partial charge in [-0.2, -0.15) is 5.10 Å². The van der Waals surface area contributed by atoms with Crippen LogP contribution < -0.4 is 5.32 Å². The molecule has 98 valence electrons. The molecule has 0 spiro atoms. The Kier molecular flexibility index (Phi) is 4.34. The topological polar surface area (TPSA) is 78.0 Å². The molecule has 0 aliphatic carbocycles. The lowest BCUT2D eigenvalue weighted by molar-refractivity contribution is 0.0955. The number of amides is 1. The van der Waals surface area contributed by atoms with Gasteiger partial charge < -0.3 is 10.4 Å². The Balaban J connectivity index is 1.96. The van der Waals surface area contributed by atoms with Crippen LogP contribution in [0.5, 0.6) is 0 Å². The monoisotopic (exact) mass is 275 g/mol. The number of carbonyl (C=O) groups is 1. The summed E-state index contributed by atoms with van der Waals surface area (Å²) < 4.78 is 0. The van der Waals surface area contributed by atoms with Crippen molar-refractivity contribution in [1.29, 1.82) is 0 Å². The van der Waals surface area contributed by atoms with E-state index in [2.05, 4.69) is 27.4 Å². The third-order valence-corrected chi connectivity index (χ3v) is 3.49. The minimum atomic E-state index is -0.181. The second-order valence-corrected chi connectivity index (χ2v) is 4.91. The van der Waals surface area contributed by atoms with Crippen molar-refractivity contribution < 1.29 is 9.90 Å². The second kappa shape index (κ2) is 6.18. The average molecular weight is 275 g/mol.